The summed E-state index contributed by atoms with van der Waals surface area (Å²) in [6.07, 6.45) is 0. The van der Waals surface area contributed by atoms with Gasteiger partial charge in [-0.3, -0.25) is 0 Å². The van der Waals surface area contributed by atoms with Crippen molar-refractivity contribution in [3.8, 4) is 0 Å². The quantitative estimate of drug-likeness (QED) is 0.264. The molecule has 2 N–H and O–H groups in total. The molecule has 5 aromatic carbocycles. The second kappa shape index (κ2) is 8.33. The van der Waals surface area contributed by atoms with Crippen molar-refractivity contribution in [1.82, 2.24) is 0 Å². The van der Waals surface area contributed by atoms with Gasteiger partial charge in [0.15, 0.2) is 0 Å². The third-order valence-electron chi connectivity index (χ3n) is 6.08. The van der Waals surface area contributed by atoms with E-state index in [-0.39, 0.29) is 5.66 Å². The summed E-state index contributed by atoms with van der Waals surface area (Å²) in [5, 5.41) is 29.5. The van der Waals surface area contributed by atoms with Crippen molar-refractivity contribution in [2.75, 3.05) is 10.6 Å². The molecule has 6 heteroatoms. The van der Waals surface area contributed by atoms with Gasteiger partial charge in [-0.2, -0.15) is 5.11 Å². The van der Waals surface area contributed by atoms with E-state index in [0.717, 1.165) is 55.7 Å². The van der Waals surface area contributed by atoms with Gasteiger partial charge in [0.05, 0.1) is 22.7 Å². The predicted molar refractivity (Wildman–Crippen MR) is 144 cm³/mol. The van der Waals surface area contributed by atoms with E-state index in [1.54, 1.807) is 0 Å². The maximum Gasteiger partial charge on any atom is 0.102 e. The molecule has 0 saturated carbocycles. The molecule has 6 nitrogen and oxygen atoms in total. The fourth-order valence-electron chi connectivity index (χ4n) is 4.55. The molecule has 1 aliphatic heterocycles. The van der Waals surface area contributed by atoms with Gasteiger partial charge in [-0.25, -0.2) is 0 Å². The van der Waals surface area contributed by atoms with Crippen LogP contribution in [0.2, 0.25) is 0 Å². The predicted octanol–water partition coefficient (Wildman–Crippen LogP) is 9.40. The summed E-state index contributed by atoms with van der Waals surface area (Å²) in [7, 11) is 0. The number of anilines is 2. The van der Waals surface area contributed by atoms with E-state index < -0.39 is 0 Å². The minimum absolute atomic E-state index is 0.219. The van der Waals surface area contributed by atoms with Crippen LogP contribution in [0, 0.1) is 0 Å². The lowest BCUT2D eigenvalue weighted by molar-refractivity contribution is 0.649. The van der Waals surface area contributed by atoms with Gasteiger partial charge in [0, 0.05) is 32.9 Å². The molecule has 0 bridgehead atoms. The van der Waals surface area contributed by atoms with E-state index in [1.807, 2.05) is 72.8 Å². The van der Waals surface area contributed by atoms with Gasteiger partial charge < -0.3 is 10.6 Å². The van der Waals surface area contributed by atoms with Gasteiger partial charge >= 0.3 is 0 Å². The van der Waals surface area contributed by atoms with Crippen LogP contribution in [0.1, 0.15) is 13.8 Å². The number of azo groups is 2. The third-order valence-corrected chi connectivity index (χ3v) is 6.08. The molecule has 1 aliphatic rings. The number of nitrogens with zero attached hydrogens (tertiary/aromatic N) is 4. The lowest BCUT2D eigenvalue weighted by Gasteiger charge is -2.36. The monoisotopic (exact) mass is 456 g/mol. The highest BCUT2D eigenvalue weighted by atomic mass is 15.2. The summed E-state index contributed by atoms with van der Waals surface area (Å²) in [4.78, 5) is 0. The van der Waals surface area contributed by atoms with Crippen LogP contribution in [0.5, 0.6) is 0 Å². The normalized spacial score (nSPS) is 14.5. The van der Waals surface area contributed by atoms with E-state index in [2.05, 4.69) is 69.2 Å². The molecule has 0 atom stereocenters. The molecule has 0 radical (unpaired) electrons. The summed E-state index contributed by atoms with van der Waals surface area (Å²) in [6.45, 7) is 4.24. The molecule has 35 heavy (non-hydrogen) atoms. The van der Waals surface area contributed by atoms with E-state index in [1.165, 1.54) is 0 Å². The molecule has 5 aromatic rings. The zero-order valence-corrected chi connectivity index (χ0v) is 19.5. The van der Waals surface area contributed by atoms with Gasteiger partial charge in [0.1, 0.15) is 5.66 Å². The average molecular weight is 457 g/mol. The molecule has 170 valence electrons. The van der Waals surface area contributed by atoms with Gasteiger partial charge in [-0.1, -0.05) is 54.6 Å². The number of nitrogens with one attached hydrogen (secondary N) is 2. The van der Waals surface area contributed by atoms with Crippen LogP contribution >= 0.6 is 0 Å². The fourth-order valence-corrected chi connectivity index (χ4v) is 4.55. The smallest absolute Gasteiger partial charge is 0.102 e. The van der Waals surface area contributed by atoms with E-state index in [9.17, 15) is 0 Å². The van der Waals surface area contributed by atoms with E-state index in [0.29, 0.717) is 0 Å². The number of rotatable bonds is 4. The molecule has 0 fully saturated rings. The van der Waals surface area contributed by atoms with Crippen molar-refractivity contribution in [2.45, 2.75) is 19.5 Å². The van der Waals surface area contributed by atoms with Crippen LogP contribution in [0.3, 0.4) is 0 Å². The molecular formula is C29H24N6. The first-order valence-electron chi connectivity index (χ1n) is 11.6. The number of fused-ring (bicyclic) bond motifs is 1. The van der Waals surface area contributed by atoms with Gasteiger partial charge in [-0.15, -0.1) is 15.3 Å². The van der Waals surface area contributed by atoms with Crippen molar-refractivity contribution in [2.24, 2.45) is 20.5 Å². The second-order valence-corrected chi connectivity index (χ2v) is 9.12. The van der Waals surface area contributed by atoms with Gasteiger partial charge in [0.2, 0.25) is 0 Å². The highest BCUT2D eigenvalue weighted by Crippen LogP contribution is 2.42. The summed E-state index contributed by atoms with van der Waals surface area (Å²) >= 11 is 0. The van der Waals surface area contributed by atoms with E-state index in [4.69, 9.17) is 0 Å². The standard InChI is InChI=1S/C29H24N6/c1-29(2)30-26-14-8-13-22-25(17-18-27(31-29)28(22)26)35-34-24-16-15-23(20-11-6-7-12-21(20)24)33-32-19-9-4-3-5-10-19/h3-18,30-31H,1-2H3. The summed E-state index contributed by atoms with van der Waals surface area (Å²) in [6, 6.07) is 32.0. The maximum absolute atomic E-state index is 4.67. The van der Waals surface area contributed by atoms with Crippen molar-refractivity contribution < 1.29 is 0 Å². The van der Waals surface area contributed by atoms with Crippen LogP contribution in [-0.4, -0.2) is 5.66 Å². The maximum atomic E-state index is 4.67. The van der Waals surface area contributed by atoms with Gasteiger partial charge in [-0.05, 0) is 56.3 Å². The lowest BCUT2D eigenvalue weighted by Crippen LogP contribution is -2.41. The van der Waals surface area contributed by atoms with Crippen LogP contribution < -0.4 is 10.6 Å². The first-order chi connectivity index (χ1) is 17.1. The molecule has 6 rings (SSSR count). The lowest BCUT2D eigenvalue weighted by atomic mass is 10.00. The molecule has 0 spiro atoms. The van der Waals surface area contributed by atoms with Crippen LogP contribution in [0.4, 0.5) is 34.1 Å². The van der Waals surface area contributed by atoms with Crippen molar-refractivity contribution >= 4 is 55.7 Å². The highest BCUT2D eigenvalue weighted by Gasteiger charge is 2.25. The number of hydrogen-bond donors (Lipinski definition) is 2. The zero-order chi connectivity index (χ0) is 23.8. The molecule has 0 amide bonds. The van der Waals surface area contributed by atoms with Crippen molar-refractivity contribution in [3.63, 3.8) is 0 Å². The Bertz CT molecular complexity index is 1610. The van der Waals surface area contributed by atoms with Crippen LogP contribution in [-0.2, 0) is 0 Å². The first-order valence-corrected chi connectivity index (χ1v) is 11.6. The van der Waals surface area contributed by atoms with Gasteiger partial charge in [0.25, 0.3) is 0 Å². The second-order valence-electron chi connectivity index (χ2n) is 9.12. The molecule has 0 aliphatic carbocycles. The highest BCUT2D eigenvalue weighted by molar-refractivity contribution is 6.09. The molecule has 0 unspecified atom stereocenters. The Morgan fingerprint density at radius 1 is 0.486 bits per heavy atom. The fraction of sp³-hybridized carbons (Fsp3) is 0.103. The number of hydrogen-bond acceptors (Lipinski definition) is 6. The number of benzene rings is 5. The Morgan fingerprint density at radius 2 is 1.00 bits per heavy atom. The van der Waals surface area contributed by atoms with E-state index >= 15 is 0 Å². The van der Waals surface area contributed by atoms with Crippen molar-refractivity contribution in [1.29, 1.82) is 0 Å². The molecule has 0 saturated heterocycles. The Labute approximate surface area is 203 Å². The van der Waals surface area contributed by atoms with Crippen LogP contribution in [0.15, 0.2) is 118 Å². The Morgan fingerprint density at radius 3 is 1.69 bits per heavy atom. The SMILES string of the molecule is CC1(C)Nc2cccc3c(N=Nc4ccc(N=Nc5ccccc5)c5ccccc45)ccc(c23)N1. The van der Waals surface area contributed by atoms with Crippen molar-refractivity contribution in [3.05, 3.63) is 97.1 Å². The summed E-state index contributed by atoms with van der Waals surface area (Å²) in [5.74, 6) is 0. The largest absolute Gasteiger partial charge is 0.363 e. The summed E-state index contributed by atoms with van der Waals surface area (Å²) in [5.41, 5.74) is 5.19. The zero-order valence-electron chi connectivity index (χ0n) is 19.5. The Hall–Kier alpha value is -4.58. The molecular weight excluding hydrogens is 432 g/mol. The molecule has 0 aromatic heterocycles. The minimum atomic E-state index is -0.219. The molecule has 1 heterocycles. The third kappa shape index (κ3) is 3.99. The Kier molecular flexibility index (Phi) is 4.99. The Balaban J connectivity index is 1.39. The first kappa shape index (κ1) is 21.0. The van der Waals surface area contributed by atoms with Crippen LogP contribution in [0.25, 0.3) is 21.5 Å². The summed E-state index contributed by atoms with van der Waals surface area (Å²) < 4.78 is 0. The topological polar surface area (TPSA) is 73.5 Å². The average Bonchev–Trinajstić information content (AvgIpc) is 2.87. The minimum Gasteiger partial charge on any atom is -0.363 e.